The van der Waals surface area contributed by atoms with Crippen molar-refractivity contribution in [3.63, 3.8) is 0 Å². The Morgan fingerprint density at radius 2 is 1.80 bits per heavy atom. The van der Waals surface area contributed by atoms with Gasteiger partial charge < -0.3 is 29.6 Å². The van der Waals surface area contributed by atoms with Crippen LogP contribution in [0.15, 0.2) is 11.6 Å². The highest BCUT2D eigenvalue weighted by Crippen LogP contribution is 2.59. The summed E-state index contributed by atoms with van der Waals surface area (Å²) in [5.74, 6) is 0.154. The SMILES string of the molecule is CCCC(=O)NCCCCCCNC(=O)OC1CC[C@]2(CO2)C([C@@]2(C)O[C@@H]2CC=C(C)C)C1OC. The normalized spacial score (nSPS) is 33.2. The monoisotopic (exact) mass is 494 g/mol. The van der Waals surface area contributed by atoms with Crippen LogP contribution in [0.2, 0.25) is 0 Å². The highest BCUT2D eigenvalue weighted by molar-refractivity contribution is 5.75. The van der Waals surface area contributed by atoms with Gasteiger partial charge in [-0.25, -0.2) is 4.79 Å². The fourth-order valence-electron chi connectivity index (χ4n) is 5.59. The van der Waals surface area contributed by atoms with Gasteiger partial charge in [0.2, 0.25) is 5.91 Å². The number of unbranched alkanes of at least 4 members (excludes halogenated alkanes) is 3. The summed E-state index contributed by atoms with van der Waals surface area (Å²) in [4.78, 5) is 24.0. The van der Waals surface area contributed by atoms with Crippen LogP contribution in [0.4, 0.5) is 4.79 Å². The molecule has 0 aromatic carbocycles. The molecule has 3 fully saturated rings. The van der Waals surface area contributed by atoms with Crippen molar-refractivity contribution in [3.05, 3.63) is 11.6 Å². The van der Waals surface area contributed by atoms with Crippen LogP contribution in [0.25, 0.3) is 0 Å². The Labute approximate surface area is 210 Å². The third-order valence-electron chi connectivity index (χ3n) is 7.67. The van der Waals surface area contributed by atoms with Gasteiger partial charge in [-0.3, -0.25) is 4.79 Å². The molecular formula is C27H46N2O6. The summed E-state index contributed by atoms with van der Waals surface area (Å²) in [6.07, 6.45) is 9.14. The second kappa shape index (κ2) is 12.5. The maximum Gasteiger partial charge on any atom is 0.407 e. The molecule has 200 valence electrons. The number of methoxy groups -OCH3 is 1. The molecule has 3 rings (SSSR count). The zero-order chi connectivity index (χ0) is 25.5. The summed E-state index contributed by atoms with van der Waals surface area (Å²) in [6.45, 7) is 10.4. The van der Waals surface area contributed by atoms with Crippen molar-refractivity contribution in [2.45, 2.75) is 115 Å². The first-order chi connectivity index (χ1) is 16.8. The van der Waals surface area contributed by atoms with Crippen molar-refractivity contribution in [1.82, 2.24) is 10.6 Å². The quantitative estimate of drug-likeness (QED) is 0.212. The third kappa shape index (κ3) is 7.43. The zero-order valence-electron chi connectivity index (χ0n) is 22.3. The maximum atomic E-state index is 12.5. The Morgan fingerprint density at radius 3 is 2.40 bits per heavy atom. The van der Waals surface area contributed by atoms with Gasteiger partial charge in [-0.15, -0.1) is 0 Å². The molecule has 2 heterocycles. The molecule has 8 nitrogen and oxygen atoms in total. The molecule has 2 amide bonds. The average molecular weight is 495 g/mol. The van der Waals surface area contributed by atoms with E-state index in [2.05, 4.69) is 37.5 Å². The lowest BCUT2D eigenvalue weighted by molar-refractivity contribution is -0.121. The van der Waals surface area contributed by atoms with E-state index in [1.165, 1.54) is 5.57 Å². The van der Waals surface area contributed by atoms with E-state index in [1.807, 2.05) is 6.92 Å². The summed E-state index contributed by atoms with van der Waals surface area (Å²) < 4.78 is 24.0. The van der Waals surface area contributed by atoms with Crippen LogP contribution in [-0.4, -0.2) is 68.3 Å². The molecule has 3 unspecified atom stereocenters. The van der Waals surface area contributed by atoms with Gasteiger partial charge >= 0.3 is 6.09 Å². The standard InChI is InChI=1S/C27H46N2O6/c1-6-11-22(30)28-16-9-7-8-10-17-29-25(31)34-20-14-15-27(18-33-27)24(23(20)32-5)26(4)21(35-26)13-12-19(2)3/h12,20-21,23-24H,6-11,13-18H2,1-5H3,(H,28,30)(H,29,31)/t20?,21-,23?,24?,26+,27+/m1/s1. The number of nitrogens with one attached hydrogen (secondary N) is 2. The predicted octanol–water partition coefficient (Wildman–Crippen LogP) is 4.27. The van der Waals surface area contributed by atoms with Crippen LogP contribution in [-0.2, 0) is 23.7 Å². The minimum absolute atomic E-state index is 0.0277. The summed E-state index contributed by atoms with van der Waals surface area (Å²) in [5, 5.41) is 5.82. The second-order valence-corrected chi connectivity index (χ2v) is 10.8. The lowest BCUT2D eigenvalue weighted by atomic mass is 9.68. The van der Waals surface area contributed by atoms with Gasteiger partial charge in [0.1, 0.15) is 23.4 Å². The maximum absolute atomic E-state index is 12.5. The van der Waals surface area contributed by atoms with Crippen LogP contribution in [0.5, 0.6) is 0 Å². The van der Waals surface area contributed by atoms with Gasteiger partial charge in [0, 0.05) is 26.6 Å². The van der Waals surface area contributed by atoms with Crippen LogP contribution < -0.4 is 10.6 Å². The first kappa shape index (κ1) is 27.9. The van der Waals surface area contributed by atoms with Gasteiger partial charge in [0.05, 0.1) is 18.6 Å². The molecule has 0 aromatic rings. The van der Waals surface area contributed by atoms with Gasteiger partial charge in [-0.1, -0.05) is 31.4 Å². The van der Waals surface area contributed by atoms with Crippen LogP contribution in [0.1, 0.15) is 85.5 Å². The summed E-state index contributed by atoms with van der Waals surface area (Å²) in [5.41, 5.74) is 0.725. The summed E-state index contributed by atoms with van der Waals surface area (Å²) >= 11 is 0. The number of hydrogen-bond acceptors (Lipinski definition) is 6. The molecule has 3 aliphatic rings. The summed E-state index contributed by atoms with van der Waals surface area (Å²) in [6, 6.07) is 0. The van der Waals surface area contributed by atoms with Crippen molar-refractivity contribution in [2.24, 2.45) is 5.92 Å². The number of hydrogen-bond donors (Lipinski definition) is 2. The first-order valence-corrected chi connectivity index (χ1v) is 13.4. The van der Waals surface area contributed by atoms with Crippen molar-refractivity contribution in [2.75, 3.05) is 26.8 Å². The van der Waals surface area contributed by atoms with Crippen molar-refractivity contribution >= 4 is 12.0 Å². The van der Waals surface area contributed by atoms with E-state index in [-0.39, 0.29) is 41.3 Å². The number of epoxide rings is 2. The minimum atomic E-state index is -0.391. The molecule has 1 spiro atoms. The van der Waals surface area contributed by atoms with E-state index in [0.717, 1.165) is 57.9 Å². The second-order valence-electron chi connectivity index (χ2n) is 10.8. The van der Waals surface area contributed by atoms with E-state index < -0.39 is 6.09 Å². The Balaban J connectivity index is 1.40. The molecule has 0 aromatic heterocycles. The third-order valence-corrected chi connectivity index (χ3v) is 7.67. The van der Waals surface area contributed by atoms with Gasteiger partial charge in [-0.2, -0.15) is 0 Å². The van der Waals surface area contributed by atoms with Gasteiger partial charge in [-0.05, 0) is 59.3 Å². The van der Waals surface area contributed by atoms with Crippen molar-refractivity contribution < 1.29 is 28.5 Å². The molecule has 1 aliphatic carbocycles. The lowest BCUT2D eigenvalue weighted by Crippen LogP contribution is -2.56. The highest BCUT2D eigenvalue weighted by Gasteiger charge is 2.72. The number of amides is 2. The zero-order valence-corrected chi connectivity index (χ0v) is 22.3. The van der Waals surface area contributed by atoms with E-state index >= 15 is 0 Å². The summed E-state index contributed by atoms with van der Waals surface area (Å²) in [7, 11) is 1.69. The topological polar surface area (TPSA) is 102 Å². The Hall–Kier alpha value is -1.64. The molecule has 0 radical (unpaired) electrons. The molecule has 1 saturated carbocycles. The minimum Gasteiger partial charge on any atom is -0.443 e. The molecular weight excluding hydrogens is 448 g/mol. The van der Waals surface area contributed by atoms with E-state index in [0.29, 0.717) is 19.6 Å². The van der Waals surface area contributed by atoms with E-state index in [4.69, 9.17) is 18.9 Å². The molecule has 35 heavy (non-hydrogen) atoms. The average Bonchev–Trinajstić information content (AvgIpc) is 3.72. The van der Waals surface area contributed by atoms with Crippen molar-refractivity contribution in [3.8, 4) is 0 Å². The van der Waals surface area contributed by atoms with Crippen LogP contribution >= 0.6 is 0 Å². The molecule has 2 N–H and O–H groups in total. The van der Waals surface area contributed by atoms with Gasteiger partial charge in [0.15, 0.2) is 0 Å². The number of carbonyl (C=O) groups excluding carboxylic acids is 2. The predicted molar refractivity (Wildman–Crippen MR) is 134 cm³/mol. The Morgan fingerprint density at radius 1 is 1.11 bits per heavy atom. The number of allylic oxidation sites excluding steroid dienone is 1. The lowest BCUT2D eigenvalue weighted by Gasteiger charge is -2.42. The number of carbonyl (C=O) groups is 2. The van der Waals surface area contributed by atoms with Gasteiger partial charge in [0.25, 0.3) is 0 Å². The molecule has 8 heteroatoms. The Kier molecular flexibility index (Phi) is 10.0. The number of alkyl carbamates (subject to hydrolysis) is 1. The first-order valence-electron chi connectivity index (χ1n) is 13.4. The fraction of sp³-hybridized carbons (Fsp3) is 0.852. The van der Waals surface area contributed by atoms with Crippen molar-refractivity contribution in [1.29, 1.82) is 0 Å². The van der Waals surface area contributed by atoms with E-state index in [9.17, 15) is 9.59 Å². The molecule has 0 bridgehead atoms. The molecule has 2 saturated heterocycles. The number of rotatable bonds is 14. The Bertz CT molecular complexity index is 748. The number of ether oxygens (including phenoxy) is 4. The van der Waals surface area contributed by atoms with E-state index in [1.54, 1.807) is 7.11 Å². The smallest absolute Gasteiger partial charge is 0.407 e. The van der Waals surface area contributed by atoms with Crippen LogP contribution in [0.3, 0.4) is 0 Å². The molecule has 6 atom stereocenters. The van der Waals surface area contributed by atoms with Crippen LogP contribution in [0, 0.1) is 5.92 Å². The largest absolute Gasteiger partial charge is 0.443 e. The highest BCUT2D eigenvalue weighted by atomic mass is 16.6. The molecule has 2 aliphatic heterocycles. The fourth-order valence-corrected chi connectivity index (χ4v) is 5.59.